The zero-order valence-electron chi connectivity index (χ0n) is 9.37. The Hall–Kier alpha value is -2.62. The summed E-state index contributed by atoms with van der Waals surface area (Å²) < 4.78 is 5.06. The van der Waals surface area contributed by atoms with E-state index in [-0.39, 0.29) is 11.0 Å². The predicted molar refractivity (Wildman–Crippen MR) is 67.1 cm³/mol. The lowest BCUT2D eigenvalue weighted by Gasteiger charge is -2.00. The summed E-state index contributed by atoms with van der Waals surface area (Å²) in [6.45, 7) is 0. The van der Waals surface area contributed by atoms with Crippen LogP contribution in [0.1, 0.15) is 5.56 Å². The minimum absolute atomic E-state index is 0.207. The monoisotopic (exact) mass is 242 g/mol. The van der Waals surface area contributed by atoms with Crippen molar-refractivity contribution >= 4 is 12.0 Å². The molecule has 0 unspecified atom stereocenters. The lowest BCUT2D eigenvalue weighted by atomic mass is 10.1. The molecule has 0 radical (unpaired) electrons. The normalized spacial score (nSPS) is 10.7. The molecule has 0 amide bonds. The van der Waals surface area contributed by atoms with Crippen molar-refractivity contribution in [3.05, 3.63) is 64.7 Å². The number of aliphatic carboxylic acids is 1. The van der Waals surface area contributed by atoms with E-state index in [2.05, 4.69) is 0 Å². The highest BCUT2D eigenvalue weighted by atomic mass is 16.4. The Bertz CT molecular complexity index is 638. The molecule has 0 bridgehead atoms. The second kappa shape index (κ2) is 5.14. The molecule has 0 aliphatic heterocycles. The summed E-state index contributed by atoms with van der Waals surface area (Å²) in [5.41, 5.74) is 1.09. The van der Waals surface area contributed by atoms with Crippen LogP contribution in [0.15, 0.2) is 58.1 Å². The quantitative estimate of drug-likeness (QED) is 0.839. The topological polar surface area (TPSA) is 67.5 Å². The minimum Gasteiger partial charge on any atom is -0.478 e. The molecule has 1 aromatic carbocycles. The molecule has 1 heterocycles. The molecule has 2 aromatic rings. The summed E-state index contributed by atoms with van der Waals surface area (Å²) in [5.74, 6) is -1.11. The second-order valence-electron chi connectivity index (χ2n) is 3.61. The van der Waals surface area contributed by atoms with Gasteiger partial charge in [0.15, 0.2) is 5.43 Å². The van der Waals surface area contributed by atoms with Crippen LogP contribution in [0.3, 0.4) is 0 Å². The summed E-state index contributed by atoms with van der Waals surface area (Å²) in [5, 5.41) is 8.53. The second-order valence-corrected chi connectivity index (χ2v) is 3.61. The van der Waals surface area contributed by atoms with E-state index in [4.69, 9.17) is 9.52 Å². The summed E-state index contributed by atoms with van der Waals surface area (Å²) >= 11 is 0. The molecule has 1 aromatic heterocycles. The number of benzene rings is 1. The molecule has 90 valence electrons. The maximum absolute atomic E-state index is 12.1. The van der Waals surface area contributed by atoms with Crippen molar-refractivity contribution in [2.75, 3.05) is 0 Å². The van der Waals surface area contributed by atoms with Gasteiger partial charge >= 0.3 is 5.97 Å². The van der Waals surface area contributed by atoms with E-state index in [0.29, 0.717) is 5.56 Å². The van der Waals surface area contributed by atoms with Gasteiger partial charge in [0.2, 0.25) is 0 Å². The van der Waals surface area contributed by atoms with Crippen LogP contribution in [-0.2, 0) is 4.79 Å². The van der Waals surface area contributed by atoms with E-state index in [0.717, 1.165) is 11.6 Å². The molecule has 0 spiro atoms. The predicted octanol–water partition coefficient (Wildman–Crippen LogP) is 2.40. The zero-order chi connectivity index (χ0) is 13.0. The first-order chi connectivity index (χ1) is 8.68. The number of carboxylic acid groups (broad SMARTS) is 1. The average molecular weight is 242 g/mol. The van der Waals surface area contributed by atoms with Crippen LogP contribution in [0.4, 0.5) is 0 Å². The summed E-state index contributed by atoms with van der Waals surface area (Å²) in [4.78, 5) is 22.5. The standard InChI is InChI=1S/C14H10O4/c15-13(16)7-6-11-8-18-9-12(14(11)17)10-4-2-1-3-5-10/h1-9H,(H,15,16)/b7-6+. The highest BCUT2D eigenvalue weighted by Crippen LogP contribution is 2.15. The third kappa shape index (κ3) is 2.55. The third-order valence-corrected chi connectivity index (χ3v) is 2.38. The van der Waals surface area contributed by atoms with Gasteiger partial charge in [-0.15, -0.1) is 0 Å². The Morgan fingerprint density at radius 3 is 2.56 bits per heavy atom. The van der Waals surface area contributed by atoms with Crippen LogP contribution in [-0.4, -0.2) is 11.1 Å². The lowest BCUT2D eigenvalue weighted by molar-refractivity contribution is -0.131. The van der Waals surface area contributed by atoms with Gasteiger partial charge in [-0.1, -0.05) is 30.3 Å². The van der Waals surface area contributed by atoms with Crippen molar-refractivity contribution in [1.29, 1.82) is 0 Å². The van der Waals surface area contributed by atoms with Crippen LogP contribution < -0.4 is 5.43 Å². The molecular weight excluding hydrogens is 232 g/mol. The van der Waals surface area contributed by atoms with E-state index >= 15 is 0 Å². The maximum Gasteiger partial charge on any atom is 0.328 e. The zero-order valence-corrected chi connectivity index (χ0v) is 9.37. The average Bonchev–Trinajstić information content (AvgIpc) is 2.38. The number of rotatable bonds is 3. The number of hydrogen-bond acceptors (Lipinski definition) is 3. The fourth-order valence-corrected chi connectivity index (χ4v) is 1.53. The molecular formula is C14H10O4. The highest BCUT2D eigenvalue weighted by molar-refractivity contribution is 5.85. The van der Waals surface area contributed by atoms with Crippen molar-refractivity contribution in [3.63, 3.8) is 0 Å². The molecule has 0 aliphatic rings. The van der Waals surface area contributed by atoms with Gasteiger partial charge in [0.25, 0.3) is 0 Å². The van der Waals surface area contributed by atoms with Gasteiger partial charge in [-0.25, -0.2) is 4.79 Å². The van der Waals surface area contributed by atoms with Crippen molar-refractivity contribution in [3.8, 4) is 11.1 Å². The van der Waals surface area contributed by atoms with Gasteiger partial charge in [0, 0.05) is 6.08 Å². The van der Waals surface area contributed by atoms with Crippen LogP contribution >= 0.6 is 0 Å². The number of hydrogen-bond donors (Lipinski definition) is 1. The molecule has 4 heteroatoms. The first-order valence-corrected chi connectivity index (χ1v) is 5.25. The van der Waals surface area contributed by atoms with Gasteiger partial charge in [-0.3, -0.25) is 4.79 Å². The number of carbonyl (C=O) groups is 1. The molecule has 18 heavy (non-hydrogen) atoms. The van der Waals surface area contributed by atoms with E-state index < -0.39 is 5.97 Å². The summed E-state index contributed by atoms with van der Waals surface area (Å²) in [6.07, 6.45) is 4.71. The summed E-state index contributed by atoms with van der Waals surface area (Å²) in [6, 6.07) is 9.05. The maximum atomic E-state index is 12.1. The van der Waals surface area contributed by atoms with E-state index in [1.165, 1.54) is 18.6 Å². The van der Waals surface area contributed by atoms with Crippen molar-refractivity contribution in [1.82, 2.24) is 0 Å². The molecule has 0 fully saturated rings. The first-order valence-electron chi connectivity index (χ1n) is 5.25. The fraction of sp³-hybridized carbons (Fsp3) is 0. The van der Waals surface area contributed by atoms with E-state index in [1.807, 2.05) is 18.2 Å². The largest absolute Gasteiger partial charge is 0.478 e. The highest BCUT2D eigenvalue weighted by Gasteiger charge is 2.06. The lowest BCUT2D eigenvalue weighted by Crippen LogP contribution is -2.07. The molecule has 1 N–H and O–H groups in total. The summed E-state index contributed by atoms with van der Waals surface area (Å²) in [7, 11) is 0. The Morgan fingerprint density at radius 1 is 1.17 bits per heavy atom. The first kappa shape index (κ1) is 11.9. The van der Waals surface area contributed by atoms with E-state index in [1.54, 1.807) is 12.1 Å². The van der Waals surface area contributed by atoms with Gasteiger partial charge in [-0.2, -0.15) is 0 Å². The molecule has 0 aliphatic carbocycles. The SMILES string of the molecule is O=C(O)/C=C/c1cocc(-c2ccccc2)c1=O. The van der Waals surface area contributed by atoms with E-state index in [9.17, 15) is 9.59 Å². The number of carboxylic acids is 1. The minimum atomic E-state index is -1.11. The molecule has 4 nitrogen and oxygen atoms in total. The van der Waals surface area contributed by atoms with Gasteiger partial charge in [0.1, 0.15) is 12.5 Å². The fourth-order valence-electron chi connectivity index (χ4n) is 1.53. The molecule has 0 atom stereocenters. The molecule has 2 rings (SSSR count). The van der Waals surface area contributed by atoms with Crippen LogP contribution in [0.25, 0.3) is 17.2 Å². The third-order valence-electron chi connectivity index (χ3n) is 2.38. The van der Waals surface area contributed by atoms with Crippen molar-refractivity contribution < 1.29 is 14.3 Å². The molecule has 0 saturated heterocycles. The van der Waals surface area contributed by atoms with Crippen molar-refractivity contribution in [2.24, 2.45) is 0 Å². The Labute approximate surface area is 103 Å². The Balaban J connectivity index is 2.49. The Kier molecular flexibility index (Phi) is 3.38. The van der Waals surface area contributed by atoms with Gasteiger partial charge in [0.05, 0.1) is 11.1 Å². The van der Waals surface area contributed by atoms with Crippen LogP contribution in [0, 0.1) is 0 Å². The smallest absolute Gasteiger partial charge is 0.328 e. The van der Waals surface area contributed by atoms with Crippen LogP contribution in [0.2, 0.25) is 0 Å². The van der Waals surface area contributed by atoms with Crippen LogP contribution in [0.5, 0.6) is 0 Å². The van der Waals surface area contributed by atoms with Gasteiger partial charge < -0.3 is 9.52 Å². The van der Waals surface area contributed by atoms with Gasteiger partial charge in [-0.05, 0) is 11.6 Å². The van der Waals surface area contributed by atoms with Crippen molar-refractivity contribution in [2.45, 2.75) is 0 Å². The Morgan fingerprint density at radius 2 is 1.89 bits per heavy atom. The molecule has 0 saturated carbocycles.